The Labute approximate surface area is 331 Å². The molecule has 0 unspecified atom stereocenters. The zero-order valence-corrected chi connectivity index (χ0v) is 36.7. The summed E-state index contributed by atoms with van der Waals surface area (Å²) in [6, 6.07) is 13.2. The van der Waals surface area contributed by atoms with E-state index in [0.717, 1.165) is 22.4 Å². The van der Waals surface area contributed by atoms with Gasteiger partial charge in [0.25, 0.3) is 5.91 Å². The first kappa shape index (κ1) is 54.4. The molecule has 3 aromatic rings. The number of nitrogens with zero attached hydrogens (tertiary/aromatic N) is 5. The molecule has 0 spiro atoms. The van der Waals surface area contributed by atoms with Gasteiger partial charge in [0, 0.05) is 24.1 Å². The summed E-state index contributed by atoms with van der Waals surface area (Å²) in [7, 11) is 9.90. The number of aliphatic hydroxyl groups excluding tert-OH is 2. The summed E-state index contributed by atoms with van der Waals surface area (Å²) in [5.41, 5.74) is 8.77. The number of carbonyl (C=O) groups excluding carboxylic acids is 1. The number of halogens is 3. The van der Waals surface area contributed by atoms with E-state index in [1.165, 1.54) is 0 Å². The Balaban J connectivity index is -0.000000281. The first-order chi connectivity index (χ1) is 21.9. The first-order valence-corrected chi connectivity index (χ1v) is 22.5. The molecule has 3 aromatic heterocycles. The van der Waals surface area contributed by atoms with Crippen LogP contribution in [0.25, 0.3) is 0 Å². The van der Waals surface area contributed by atoms with Crippen LogP contribution >= 0.6 is 43.4 Å². The Hall–Kier alpha value is -2.35. The molecule has 8 N–H and O–H groups in total. The number of carbonyl (C=O) groups is 1. The predicted molar refractivity (Wildman–Crippen MR) is 211 cm³/mol. The number of hydrogen-bond donors (Lipinski definition) is 5. The van der Waals surface area contributed by atoms with Crippen molar-refractivity contribution in [2.24, 2.45) is 10.7 Å². The molecular formula is C34H55Cl2IN8O4Zn. The monoisotopic (exact) mass is 900 g/mol. The maximum absolute atomic E-state index is 11.8. The number of amides is 1. The number of hydrogen-bond acceptors (Lipinski definition) is 11. The Morgan fingerprint density at radius 1 is 0.980 bits per heavy atom. The van der Waals surface area contributed by atoms with E-state index >= 15 is 0 Å². The van der Waals surface area contributed by atoms with Gasteiger partial charge >= 0.3 is 34.5 Å². The van der Waals surface area contributed by atoms with Crippen LogP contribution in [0.4, 0.5) is 0 Å². The fraction of sp³-hybridized carbons (Fsp3) is 0.471. The molecular weight excluding hydrogens is 848 g/mol. The number of aliphatic hydroxyl groups is 2. The molecule has 16 heteroatoms. The minimum atomic E-state index is -0.931. The third-order valence-electron chi connectivity index (χ3n) is 5.77. The van der Waals surface area contributed by atoms with Crippen LogP contribution in [0, 0.1) is 32.1 Å². The van der Waals surface area contributed by atoms with Crippen LogP contribution in [0.5, 0.6) is 0 Å². The third kappa shape index (κ3) is 23.2. The van der Waals surface area contributed by atoms with E-state index in [1.54, 1.807) is 52.4 Å². The van der Waals surface area contributed by atoms with Crippen molar-refractivity contribution in [1.82, 2.24) is 26.4 Å². The normalized spacial score (nSPS) is 11.8. The van der Waals surface area contributed by atoms with Gasteiger partial charge in [-0.3, -0.25) is 14.8 Å². The fourth-order valence-electron chi connectivity index (χ4n) is 3.15. The third-order valence-corrected chi connectivity index (χ3v) is 5.77. The average Bonchev–Trinajstić information content (AvgIpc) is 3.37. The van der Waals surface area contributed by atoms with Crippen molar-refractivity contribution in [3.63, 3.8) is 0 Å². The second-order valence-corrected chi connectivity index (χ2v) is 17.0. The fourth-order valence-corrected chi connectivity index (χ4v) is 3.15. The van der Waals surface area contributed by atoms with Crippen LogP contribution in [-0.2, 0) is 19.9 Å². The zero-order chi connectivity index (χ0) is 36.3. The van der Waals surface area contributed by atoms with Crippen molar-refractivity contribution in [2.75, 3.05) is 19.8 Å². The van der Waals surface area contributed by atoms with E-state index in [0.29, 0.717) is 23.9 Å². The molecule has 0 atom stereocenters. The van der Waals surface area contributed by atoms with E-state index in [4.69, 9.17) is 45.3 Å². The molecule has 278 valence electrons. The van der Waals surface area contributed by atoms with Crippen LogP contribution in [0.2, 0.25) is 0 Å². The van der Waals surface area contributed by atoms with Gasteiger partial charge in [0.2, 0.25) is 5.90 Å². The summed E-state index contributed by atoms with van der Waals surface area (Å²) in [6.45, 7) is 17.4. The molecule has 0 fully saturated rings. The number of aryl methyl sites for hydroxylation is 3. The van der Waals surface area contributed by atoms with Crippen LogP contribution in [0.15, 0.2) is 60.0 Å². The Kier molecular flexibility index (Phi) is 29.7. The molecule has 0 bridgehead atoms. The molecule has 12 nitrogen and oxygen atoms in total. The summed E-state index contributed by atoms with van der Waals surface area (Å²) >= 11 is -0.931. The molecule has 4 rings (SSSR count). The number of nitriles is 1. The maximum atomic E-state index is 11.8. The number of pyridine rings is 3. The van der Waals surface area contributed by atoms with Crippen molar-refractivity contribution in [1.29, 1.82) is 5.26 Å². The van der Waals surface area contributed by atoms with E-state index in [1.807, 2.05) is 57.2 Å². The van der Waals surface area contributed by atoms with Gasteiger partial charge in [0.15, 0.2) is 0 Å². The van der Waals surface area contributed by atoms with Crippen molar-refractivity contribution < 1.29 is 34.9 Å². The van der Waals surface area contributed by atoms with E-state index < -0.39 is 26.2 Å². The summed E-state index contributed by atoms with van der Waals surface area (Å²) in [5, 5.41) is 28.4. The molecule has 0 aromatic carbocycles. The van der Waals surface area contributed by atoms with Crippen molar-refractivity contribution in [3.05, 3.63) is 88.8 Å². The van der Waals surface area contributed by atoms with Gasteiger partial charge in [-0.2, -0.15) is 5.26 Å². The molecule has 0 saturated heterocycles. The summed E-state index contributed by atoms with van der Waals surface area (Å²) in [5.74, 6) is 0.417. The Bertz CT molecular complexity index is 1470. The van der Waals surface area contributed by atoms with Crippen LogP contribution in [0.3, 0.4) is 0 Å². The van der Waals surface area contributed by atoms with Crippen molar-refractivity contribution in [3.8, 4) is 6.07 Å². The van der Waals surface area contributed by atoms with E-state index in [9.17, 15) is 4.79 Å². The SMILES string of the molecule is C.CC(C)(N)CO.Cc1cccnc1C#N.Cc1cccnc1C(=O)NC(C)(C)CO.Cc1cccnc1C1=NC(C)(C)CO1.I.N.[Cl][Zn][Cl]. The van der Waals surface area contributed by atoms with Crippen LogP contribution in [-0.4, -0.2) is 73.4 Å². The summed E-state index contributed by atoms with van der Waals surface area (Å²) in [6.07, 6.45) is 4.96. The van der Waals surface area contributed by atoms with Crippen molar-refractivity contribution in [2.45, 2.75) is 86.4 Å². The van der Waals surface area contributed by atoms with Gasteiger partial charge < -0.3 is 32.2 Å². The Morgan fingerprint density at radius 3 is 1.80 bits per heavy atom. The van der Waals surface area contributed by atoms with Gasteiger partial charge in [0.1, 0.15) is 29.8 Å². The van der Waals surface area contributed by atoms with Crippen molar-refractivity contribution >= 4 is 55.2 Å². The number of ether oxygens (including phenoxy) is 1. The Morgan fingerprint density at radius 2 is 1.44 bits per heavy atom. The van der Waals surface area contributed by atoms with E-state index in [-0.39, 0.29) is 62.2 Å². The topological polar surface area (TPSA) is 215 Å². The van der Waals surface area contributed by atoms with Gasteiger partial charge in [-0.15, -0.1) is 24.0 Å². The quantitative estimate of drug-likeness (QED) is 0.137. The van der Waals surface area contributed by atoms with Crippen LogP contribution < -0.4 is 17.2 Å². The summed E-state index contributed by atoms with van der Waals surface area (Å²) in [4.78, 5) is 28.3. The second-order valence-electron chi connectivity index (χ2n) is 12.4. The standard InChI is InChI=1S/C11H16N2O2.C11H14N2O.C7H6N2.C4H11NO.CH4.2ClH.HI.H3N.Zn/c1-8-5-4-6-12-9(8)10(15)13-11(2,3)7-14;1-8-5-4-6-12-9(8)10-13-11(2,3)7-14-10;1-6-3-2-4-9-7(6)5-8;1-4(2,5)3-6;;;;;;/h4-6,14H,7H2,1-3H3,(H,13,15);4-6H,7H2,1-3H3;2-4H,1H3;6H,3,5H2,1-2H3;1H4;3*1H;1H3;/q;;;;;;;;;+2/p-2. The van der Waals surface area contributed by atoms with Gasteiger partial charge in [-0.25, -0.2) is 9.98 Å². The number of nitrogens with one attached hydrogen (secondary N) is 1. The molecule has 1 aliphatic rings. The molecule has 4 heterocycles. The summed E-state index contributed by atoms with van der Waals surface area (Å²) < 4.78 is 5.52. The molecule has 50 heavy (non-hydrogen) atoms. The zero-order valence-electron chi connectivity index (χ0n) is 29.9. The first-order valence-electron chi connectivity index (χ1n) is 14.7. The second kappa shape index (κ2) is 27.3. The number of aliphatic imine (C=N–C) groups is 1. The van der Waals surface area contributed by atoms with Gasteiger partial charge in [0.05, 0.1) is 24.3 Å². The molecule has 1 aliphatic heterocycles. The molecule has 0 saturated carbocycles. The minimum absolute atomic E-state index is 0. The van der Waals surface area contributed by atoms with E-state index in [2.05, 4.69) is 39.1 Å². The van der Waals surface area contributed by atoms with Gasteiger partial charge in [-0.05, 0) is 97.2 Å². The molecule has 0 aliphatic carbocycles. The predicted octanol–water partition coefficient (Wildman–Crippen LogP) is 6.61. The molecule has 1 amide bonds. The molecule has 0 radical (unpaired) electrons. The van der Waals surface area contributed by atoms with Crippen LogP contribution in [0.1, 0.15) is 87.5 Å². The number of aromatic nitrogens is 3. The average molecular weight is 903 g/mol. The van der Waals surface area contributed by atoms with Gasteiger partial charge in [-0.1, -0.05) is 25.6 Å². The number of nitrogens with two attached hydrogens (primary N) is 1. The number of rotatable bonds is 5.